The van der Waals surface area contributed by atoms with Crippen LogP contribution in [-0.2, 0) is 4.74 Å². The van der Waals surface area contributed by atoms with Crippen molar-refractivity contribution in [3.8, 4) is 11.3 Å². The Hall–Kier alpha value is -3.27. The lowest BCUT2D eigenvalue weighted by molar-refractivity contribution is -0.130. The van der Waals surface area contributed by atoms with Crippen LogP contribution in [0, 0.1) is 6.92 Å². The van der Waals surface area contributed by atoms with E-state index in [9.17, 15) is 0 Å². The van der Waals surface area contributed by atoms with E-state index in [1.165, 1.54) is 17.7 Å². The zero-order chi connectivity index (χ0) is 26.4. The molecule has 3 atom stereocenters. The molecule has 3 fully saturated rings. The van der Waals surface area contributed by atoms with E-state index in [1.54, 1.807) is 6.20 Å². The second-order valence-corrected chi connectivity index (χ2v) is 11.3. The highest BCUT2D eigenvalue weighted by molar-refractivity contribution is 5.66. The molecule has 9 heteroatoms. The molecule has 3 saturated heterocycles. The minimum Gasteiger partial charge on any atom is -0.365 e. The van der Waals surface area contributed by atoms with Crippen molar-refractivity contribution in [1.29, 1.82) is 0 Å². The van der Waals surface area contributed by atoms with E-state index in [1.807, 2.05) is 26.4 Å². The molecule has 0 radical (unpaired) electrons. The maximum absolute atomic E-state index is 6.02. The van der Waals surface area contributed by atoms with Crippen molar-refractivity contribution in [1.82, 2.24) is 24.8 Å². The number of likely N-dealkylation sites (tertiary alicyclic amines) is 1. The summed E-state index contributed by atoms with van der Waals surface area (Å²) >= 11 is 0. The number of hydrogen-bond acceptors (Lipinski definition) is 9. The highest BCUT2D eigenvalue weighted by atomic mass is 16.5. The number of nitrogens with one attached hydrogen (secondary N) is 1. The Morgan fingerprint density at radius 1 is 1.08 bits per heavy atom. The Morgan fingerprint density at radius 2 is 1.95 bits per heavy atom. The zero-order valence-electron chi connectivity index (χ0n) is 23.1. The molecule has 0 amide bonds. The number of morpholine rings is 1. The van der Waals surface area contributed by atoms with Crippen LogP contribution in [-0.4, -0.2) is 96.5 Å². The van der Waals surface area contributed by atoms with Crippen molar-refractivity contribution in [3.63, 3.8) is 0 Å². The lowest BCUT2D eigenvalue weighted by Crippen LogP contribution is -2.57. The summed E-state index contributed by atoms with van der Waals surface area (Å²) in [6.07, 6.45) is 4.96. The first-order valence-corrected chi connectivity index (χ1v) is 13.5. The van der Waals surface area contributed by atoms with E-state index in [2.05, 4.69) is 81.1 Å². The highest BCUT2D eigenvalue weighted by Gasteiger charge is 2.41. The average Bonchev–Trinajstić information content (AvgIpc) is 3.49. The molecule has 3 aliphatic heterocycles. The first-order valence-electron chi connectivity index (χ1n) is 13.5. The van der Waals surface area contributed by atoms with E-state index < -0.39 is 0 Å². The zero-order valence-corrected chi connectivity index (χ0v) is 23.1. The number of pyridine rings is 1. The number of likely N-dealkylation sites (N-methyl/N-ethyl adjacent to an activating group) is 2. The van der Waals surface area contributed by atoms with Gasteiger partial charge in [-0.15, -0.1) is 0 Å². The van der Waals surface area contributed by atoms with E-state index in [0.717, 1.165) is 48.9 Å². The molecule has 0 aliphatic carbocycles. The smallest absolute Gasteiger partial charge is 0.227 e. The van der Waals surface area contributed by atoms with E-state index in [-0.39, 0.29) is 5.72 Å². The van der Waals surface area contributed by atoms with E-state index in [0.29, 0.717) is 24.6 Å². The van der Waals surface area contributed by atoms with Crippen LogP contribution in [0.15, 0.2) is 48.8 Å². The SMILES string of the molecule is Cc1cc(Nc2nccc(-c3ccc(N4CCOC(C)(N(C)C)C4)nc3)n2)ccc1N1C[C@@H]2C[C@H]1CN2C. The summed E-state index contributed by atoms with van der Waals surface area (Å²) < 4.78 is 6.02. The van der Waals surface area contributed by atoms with Crippen LogP contribution >= 0.6 is 0 Å². The summed E-state index contributed by atoms with van der Waals surface area (Å²) in [5.74, 6) is 1.53. The van der Waals surface area contributed by atoms with Gasteiger partial charge in [0, 0.05) is 61.0 Å². The van der Waals surface area contributed by atoms with Crippen LogP contribution in [0.4, 0.5) is 23.1 Å². The number of ether oxygens (including phenoxy) is 1. The van der Waals surface area contributed by atoms with Crippen LogP contribution < -0.4 is 15.1 Å². The van der Waals surface area contributed by atoms with Crippen molar-refractivity contribution in [2.45, 2.75) is 38.1 Å². The summed E-state index contributed by atoms with van der Waals surface area (Å²) in [6, 6.07) is 13.9. The van der Waals surface area contributed by atoms with Gasteiger partial charge >= 0.3 is 0 Å². The number of anilines is 4. The van der Waals surface area contributed by atoms with Crippen LogP contribution in [0.5, 0.6) is 0 Å². The predicted octanol–water partition coefficient (Wildman–Crippen LogP) is 3.60. The molecule has 1 unspecified atom stereocenters. The molecule has 3 aliphatic rings. The van der Waals surface area contributed by atoms with Crippen molar-refractivity contribution in [2.24, 2.45) is 0 Å². The lowest BCUT2D eigenvalue weighted by Gasteiger charge is -2.44. The van der Waals surface area contributed by atoms with Crippen molar-refractivity contribution >= 4 is 23.1 Å². The first-order chi connectivity index (χ1) is 18.3. The number of benzene rings is 1. The van der Waals surface area contributed by atoms with E-state index >= 15 is 0 Å². The fourth-order valence-electron chi connectivity index (χ4n) is 5.97. The summed E-state index contributed by atoms with van der Waals surface area (Å²) in [7, 11) is 6.34. The molecule has 0 saturated carbocycles. The number of aryl methyl sites for hydroxylation is 1. The van der Waals surface area contributed by atoms with Gasteiger partial charge in [0.15, 0.2) is 0 Å². The van der Waals surface area contributed by atoms with Gasteiger partial charge in [-0.05, 0) is 83.4 Å². The van der Waals surface area contributed by atoms with Crippen molar-refractivity contribution in [2.75, 3.05) is 69.0 Å². The Labute approximate surface area is 225 Å². The lowest BCUT2D eigenvalue weighted by atomic mass is 10.1. The Morgan fingerprint density at radius 3 is 2.63 bits per heavy atom. The van der Waals surface area contributed by atoms with Gasteiger partial charge in [0.05, 0.1) is 18.8 Å². The van der Waals surface area contributed by atoms with Crippen LogP contribution in [0.3, 0.4) is 0 Å². The Bertz CT molecular complexity index is 1300. The molecular weight excluding hydrogens is 476 g/mol. The van der Waals surface area contributed by atoms with Gasteiger partial charge in [-0.1, -0.05) is 0 Å². The second kappa shape index (κ2) is 9.80. The monoisotopic (exact) mass is 514 g/mol. The topological polar surface area (TPSA) is 72.9 Å². The first kappa shape index (κ1) is 25.0. The molecule has 1 aromatic carbocycles. The fourth-order valence-corrected chi connectivity index (χ4v) is 5.97. The average molecular weight is 515 g/mol. The summed E-state index contributed by atoms with van der Waals surface area (Å²) in [5, 5.41) is 3.40. The van der Waals surface area contributed by atoms with Crippen LogP contribution in [0.1, 0.15) is 18.9 Å². The number of fused-ring (bicyclic) bond motifs is 2. The molecule has 2 bridgehead atoms. The predicted molar refractivity (Wildman–Crippen MR) is 152 cm³/mol. The number of rotatable bonds is 6. The molecule has 2 aromatic heterocycles. The molecule has 3 aromatic rings. The quantitative estimate of drug-likeness (QED) is 0.531. The van der Waals surface area contributed by atoms with Crippen LogP contribution in [0.2, 0.25) is 0 Å². The maximum Gasteiger partial charge on any atom is 0.227 e. The second-order valence-electron chi connectivity index (χ2n) is 11.3. The normalized spacial score (nSPS) is 25.4. The minimum atomic E-state index is -0.326. The third kappa shape index (κ3) is 4.70. The summed E-state index contributed by atoms with van der Waals surface area (Å²) in [4.78, 5) is 23.5. The van der Waals surface area contributed by atoms with Gasteiger partial charge in [-0.3, -0.25) is 9.80 Å². The van der Waals surface area contributed by atoms with Gasteiger partial charge < -0.3 is 19.9 Å². The van der Waals surface area contributed by atoms with Gasteiger partial charge in [0.2, 0.25) is 5.95 Å². The van der Waals surface area contributed by atoms with Gasteiger partial charge in [0.25, 0.3) is 0 Å². The molecule has 0 spiro atoms. The summed E-state index contributed by atoms with van der Waals surface area (Å²) in [6.45, 7) is 8.85. The highest BCUT2D eigenvalue weighted by Crippen LogP contribution is 2.36. The third-order valence-corrected chi connectivity index (χ3v) is 8.50. The molecule has 38 heavy (non-hydrogen) atoms. The van der Waals surface area contributed by atoms with Crippen molar-refractivity contribution < 1.29 is 4.74 Å². The molecule has 6 rings (SSSR count). The summed E-state index contributed by atoms with van der Waals surface area (Å²) in [5.41, 5.74) is 5.08. The largest absolute Gasteiger partial charge is 0.365 e. The van der Waals surface area contributed by atoms with Gasteiger partial charge in [-0.25, -0.2) is 15.0 Å². The minimum absolute atomic E-state index is 0.326. The Kier molecular flexibility index (Phi) is 6.45. The standard InChI is InChI=1S/C29H38N8O/c1-20-14-22(7-8-26(20)37-18-23-15-24(37)17-35(23)5)32-28-30-11-10-25(33-28)21-6-9-27(31-16-21)36-12-13-38-29(2,19-36)34(3)4/h6-11,14,16,23-24H,12-13,15,17-19H2,1-5H3,(H,30,32,33)/t23-,24-,29?/m0/s1. The Balaban J connectivity index is 1.14. The molecule has 9 nitrogen and oxygen atoms in total. The number of aromatic nitrogens is 3. The molecule has 1 N–H and O–H groups in total. The third-order valence-electron chi connectivity index (χ3n) is 8.50. The van der Waals surface area contributed by atoms with Crippen molar-refractivity contribution in [3.05, 3.63) is 54.4 Å². The van der Waals surface area contributed by atoms with Gasteiger partial charge in [-0.2, -0.15) is 0 Å². The number of piperazine rings is 1. The van der Waals surface area contributed by atoms with E-state index in [4.69, 9.17) is 14.7 Å². The van der Waals surface area contributed by atoms with Crippen LogP contribution in [0.25, 0.3) is 11.3 Å². The molecular formula is C29H38N8O. The maximum atomic E-state index is 6.02. The molecule has 200 valence electrons. The van der Waals surface area contributed by atoms with Gasteiger partial charge in [0.1, 0.15) is 11.5 Å². The number of nitrogens with zero attached hydrogens (tertiary/aromatic N) is 7. The molecule has 5 heterocycles. The number of hydrogen-bond donors (Lipinski definition) is 1. The fraction of sp³-hybridized carbons (Fsp3) is 0.483.